The number of carbonyl (C=O) groups excluding carboxylic acids is 1. The molecule has 128 valence electrons. The molecule has 1 unspecified atom stereocenters. The number of rotatable bonds is 3. The Bertz CT molecular complexity index is 819. The molecule has 1 fully saturated rings. The highest BCUT2D eigenvalue weighted by Crippen LogP contribution is 2.26. The van der Waals surface area contributed by atoms with Gasteiger partial charge in [-0.05, 0) is 48.9 Å². The van der Waals surface area contributed by atoms with E-state index in [0.717, 1.165) is 18.7 Å². The van der Waals surface area contributed by atoms with Gasteiger partial charge in [-0.2, -0.15) is 5.26 Å². The Hall–Kier alpha value is -2.78. The molecule has 2 N–H and O–H groups in total. The number of benzene rings is 2. The van der Waals surface area contributed by atoms with Gasteiger partial charge in [-0.3, -0.25) is 0 Å². The van der Waals surface area contributed by atoms with Crippen LogP contribution in [0.15, 0.2) is 42.5 Å². The summed E-state index contributed by atoms with van der Waals surface area (Å²) in [4.78, 5) is 14.1. The van der Waals surface area contributed by atoms with Crippen LogP contribution < -0.4 is 15.5 Å². The van der Waals surface area contributed by atoms with E-state index in [1.165, 1.54) is 24.3 Å². The number of carbonyl (C=O) groups is 1. The number of urea groups is 1. The van der Waals surface area contributed by atoms with Crippen molar-refractivity contribution in [3.63, 3.8) is 0 Å². The van der Waals surface area contributed by atoms with Crippen molar-refractivity contribution in [1.82, 2.24) is 5.32 Å². The molecule has 2 aromatic rings. The van der Waals surface area contributed by atoms with Crippen molar-refractivity contribution in [2.24, 2.45) is 0 Å². The zero-order valence-electron chi connectivity index (χ0n) is 13.3. The summed E-state index contributed by atoms with van der Waals surface area (Å²) in [6, 6.07) is 12.6. The van der Waals surface area contributed by atoms with E-state index in [9.17, 15) is 9.18 Å². The minimum atomic E-state index is -0.349. The van der Waals surface area contributed by atoms with E-state index in [0.29, 0.717) is 22.8 Å². The van der Waals surface area contributed by atoms with Crippen molar-refractivity contribution in [3.05, 3.63) is 58.9 Å². The highest BCUT2D eigenvalue weighted by atomic mass is 35.5. The average Bonchev–Trinajstić information content (AvgIpc) is 3.05. The fourth-order valence-corrected chi connectivity index (χ4v) is 3.01. The number of halogens is 2. The van der Waals surface area contributed by atoms with E-state index in [-0.39, 0.29) is 17.9 Å². The van der Waals surface area contributed by atoms with Crippen molar-refractivity contribution < 1.29 is 9.18 Å². The van der Waals surface area contributed by atoms with Crippen molar-refractivity contribution in [2.45, 2.75) is 12.5 Å². The van der Waals surface area contributed by atoms with E-state index in [2.05, 4.69) is 15.5 Å². The van der Waals surface area contributed by atoms with Crippen molar-refractivity contribution in [1.29, 1.82) is 5.26 Å². The summed E-state index contributed by atoms with van der Waals surface area (Å²) in [5, 5.41) is 14.9. The first-order chi connectivity index (χ1) is 12.0. The minimum Gasteiger partial charge on any atom is -0.369 e. The van der Waals surface area contributed by atoms with Gasteiger partial charge in [-0.1, -0.05) is 11.6 Å². The van der Waals surface area contributed by atoms with E-state index in [1.54, 1.807) is 12.1 Å². The summed E-state index contributed by atoms with van der Waals surface area (Å²) in [5.41, 5.74) is 1.90. The monoisotopic (exact) mass is 358 g/mol. The van der Waals surface area contributed by atoms with Gasteiger partial charge in [0.1, 0.15) is 11.9 Å². The molecule has 0 aromatic heterocycles. The number of anilines is 2. The number of hydrogen-bond acceptors (Lipinski definition) is 3. The molecule has 0 bridgehead atoms. The largest absolute Gasteiger partial charge is 0.369 e. The Balaban J connectivity index is 1.56. The van der Waals surface area contributed by atoms with Gasteiger partial charge < -0.3 is 15.5 Å². The number of amides is 2. The highest BCUT2D eigenvalue weighted by molar-refractivity contribution is 6.32. The maximum Gasteiger partial charge on any atom is 0.319 e. The molecule has 1 atom stereocenters. The third-order valence-corrected chi connectivity index (χ3v) is 4.38. The first-order valence-corrected chi connectivity index (χ1v) is 8.20. The standard InChI is InChI=1S/C18H16ClFN4O/c19-17-9-16(6-1-12(17)10-21)24-8-7-15(11-24)23-18(25)22-14-4-2-13(20)3-5-14/h1-6,9,15H,7-8,11H2,(H2,22,23,25). The molecule has 0 radical (unpaired) electrons. The molecule has 3 rings (SSSR count). The second-order valence-corrected chi connectivity index (χ2v) is 6.22. The SMILES string of the molecule is N#Cc1ccc(N2CCC(NC(=O)Nc3ccc(F)cc3)C2)cc1Cl. The molecule has 25 heavy (non-hydrogen) atoms. The molecule has 0 aliphatic carbocycles. The second-order valence-electron chi connectivity index (χ2n) is 5.81. The Morgan fingerprint density at radius 1 is 1.28 bits per heavy atom. The van der Waals surface area contributed by atoms with Crippen LogP contribution in [0.2, 0.25) is 5.02 Å². The number of hydrogen-bond donors (Lipinski definition) is 2. The van der Waals surface area contributed by atoms with Gasteiger partial charge in [0.2, 0.25) is 0 Å². The van der Waals surface area contributed by atoms with Crippen LogP contribution in [-0.2, 0) is 0 Å². The molecule has 0 saturated carbocycles. The summed E-state index contributed by atoms with van der Waals surface area (Å²) in [7, 11) is 0. The Labute approximate surface area is 150 Å². The van der Waals surface area contributed by atoms with Gasteiger partial charge in [0.05, 0.1) is 10.6 Å². The summed E-state index contributed by atoms with van der Waals surface area (Å²) in [5.74, 6) is -0.349. The van der Waals surface area contributed by atoms with E-state index in [4.69, 9.17) is 16.9 Å². The zero-order valence-corrected chi connectivity index (χ0v) is 14.1. The Morgan fingerprint density at radius 3 is 2.72 bits per heavy atom. The predicted molar refractivity (Wildman–Crippen MR) is 95.3 cm³/mol. The molecular formula is C18H16ClFN4O. The second kappa shape index (κ2) is 7.41. The van der Waals surface area contributed by atoms with Gasteiger partial charge in [0.25, 0.3) is 0 Å². The molecule has 1 aliphatic heterocycles. The van der Waals surface area contributed by atoms with Gasteiger partial charge in [-0.15, -0.1) is 0 Å². The van der Waals surface area contributed by atoms with Crippen LogP contribution in [0.3, 0.4) is 0 Å². The van der Waals surface area contributed by atoms with E-state index >= 15 is 0 Å². The lowest BCUT2D eigenvalue weighted by Crippen LogP contribution is -2.39. The molecular weight excluding hydrogens is 343 g/mol. The summed E-state index contributed by atoms with van der Waals surface area (Å²) >= 11 is 6.07. The molecule has 1 heterocycles. The lowest BCUT2D eigenvalue weighted by molar-refractivity contribution is 0.249. The van der Waals surface area contributed by atoms with Crippen LogP contribution in [0.4, 0.5) is 20.6 Å². The lowest BCUT2D eigenvalue weighted by atomic mass is 10.2. The molecule has 7 heteroatoms. The lowest BCUT2D eigenvalue weighted by Gasteiger charge is -2.19. The van der Waals surface area contributed by atoms with Gasteiger partial charge in [0, 0.05) is 30.5 Å². The maximum absolute atomic E-state index is 12.9. The molecule has 1 aliphatic rings. The summed E-state index contributed by atoms with van der Waals surface area (Å²) < 4.78 is 12.9. The molecule has 2 amide bonds. The van der Waals surface area contributed by atoms with Crippen molar-refractivity contribution in [2.75, 3.05) is 23.3 Å². The fraction of sp³-hybridized carbons (Fsp3) is 0.222. The van der Waals surface area contributed by atoms with Crippen LogP contribution in [-0.4, -0.2) is 25.2 Å². The summed E-state index contributed by atoms with van der Waals surface area (Å²) in [6.45, 7) is 1.43. The van der Waals surface area contributed by atoms with Gasteiger partial charge in [-0.25, -0.2) is 9.18 Å². The zero-order chi connectivity index (χ0) is 17.8. The van der Waals surface area contributed by atoms with Crippen molar-refractivity contribution >= 4 is 29.0 Å². The fourth-order valence-electron chi connectivity index (χ4n) is 2.79. The molecule has 1 saturated heterocycles. The van der Waals surface area contributed by atoms with Gasteiger partial charge >= 0.3 is 6.03 Å². The van der Waals surface area contributed by atoms with Crippen LogP contribution in [0, 0.1) is 17.1 Å². The van der Waals surface area contributed by atoms with Crippen molar-refractivity contribution in [3.8, 4) is 6.07 Å². The smallest absolute Gasteiger partial charge is 0.319 e. The molecule has 5 nitrogen and oxygen atoms in total. The first-order valence-electron chi connectivity index (χ1n) is 7.83. The summed E-state index contributed by atoms with van der Waals surface area (Å²) in [6.07, 6.45) is 0.800. The van der Waals surface area contributed by atoms with Crippen LogP contribution in [0.1, 0.15) is 12.0 Å². The third-order valence-electron chi connectivity index (χ3n) is 4.06. The quantitative estimate of drug-likeness (QED) is 0.878. The molecule has 0 spiro atoms. The van der Waals surface area contributed by atoms with E-state index in [1.807, 2.05) is 12.1 Å². The third kappa shape index (κ3) is 4.20. The van der Waals surface area contributed by atoms with Crippen LogP contribution in [0.5, 0.6) is 0 Å². The van der Waals surface area contributed by atoms with Crippen LogP contribution in [0.25, 0.3) is 0 Å². The normalized spacial score (nSPS) is 16.4. The maximum atomic E-state index is 12.9. The predicted octanol–water partition coefficient (Wildman–Crippen LogP) is 3.75. The van der Waals surface area contributed by atoms with E-state index < -0.39 is 0 Å². The molecule has 2 aromatic carbocycles. The Morgan fingerprint density at radius 2 is 2.04 bits per heavy atom. The minimum absolute atomic E-state index is 0.00475. The first kappa shape index (κ1) is 17.1. The average molecular weight is 359 g/mol. The van der Waals surface area contributed by atoms with Gasteiger partial charge in [0.15, 0.2) is 0 Å². The topological polar surface area (TPSA) is 68.2 Å². The highest BCUT2D eigenvalue weighted by Gasteiger charge is 2.24. The number of nitriles is 1. The number of nitrogens with one attached hydrogen (secondary N) is 2. The van der Waals surface area contributed by atoms with Crippen LogP contribution >= 0.6 is 11.6 Å². The number of nitrogens with zero attached hydrogens (tertiary/aromatic N) is 2. The Kier molecular flexibility index (Phi) is 5.05.